The lowest BCUT2D eigenvalue weighted by Gasteiger charge is -2.26. The van der Waals surface area contributed by atoms with E-state index < -0.39 is 0 Å². The SMILES string of the molecule is COc1ccc(C(=O)NC2CCC2)cc1CC1CCN(C(=O)c2ocnc2C)C1. The topological polar surface area (TPSA) is 84.7 Å². The number of aryl methyl sites for hydroxylation is 1. The number of hydrogen-bond donors (Lipinski definition) is 1. The van der Waals surface area contributed by atoms with Crippen LogP contribution in [0.1, 0.15) is 57.9 Å². The lowest BCUT2D eigenvalue weighted by molar-refractivity contribution is 0.0754. The Morgan fingerprint density at radius 2 is 2.14 bits per heavy atom. The van der Waals surface area contributed by atoms with Gasteiger partial charge in [0.05, 0.1) is 12.8 Å². The van der Waals surface area contributed by atoms with Crippen LogP contribution in [0, 0.1) is 12.8 Å². The van der Waals surface area contributed by atoms with Crippen molar-refractivity contribution in [3.8, 4) is 5.75 Å². The predicted octanol–water partition coefficient (Wildman–Crippen LogP) is 2.98. The average molecular weight is 397 g/mol. The van der Waals surface area contributed by atoms with E-state index in [1.165, 1.54) is 12.8 Å². The third-order valence-corrected chi connectivity index (χ3v) is 6.00. The summed E-state index contributed by atoms with van der Waals surface area (Å²) in [6, 6.07) is 5.91. The van der Waals surface area contributed by atoms with Crippen LogP contribution in [0.25, 0.3) is 0 Å². The molecule has 7 heteroatoms. The molecule has 1 aliphatic heterocycles. The molecule has 7 nitrogen and oxygen atoms in total. The fourth-order valence-electron chi connectivity index (χ4n) is 4.05. The van der Waals surface area contributed by atoms with Crippen molar-refractivity contribution in [3.05, 3.63) is 47.2 Å². The highest BCUT2D eigenvalue weighted by Gasteiger charge is 2.30. The number of methoxy groups -OCH3 is 1. The van der Waals surface area contributed by atoms with Crippen molar-refractivity contribution >= 4 is 11.8 Å². The van der Waals surface area contributed by atoms with E-state index in [0.29, 0.717) is 42.1 Å². The van der Waals surface area contributed by atoms with Gasteiger partial charge >= 0.3 is 0 Å². The van der Waals surface area contributed by atoms with Gasteiger partial charge in [0.1, 0.15) is 5.75 Å². The molecule has 1 unspecified atom stereocenters. The largest absolute Gasteiger partial charge is 0.496 e. The first kappa shape index (κ1) is 19.5. The highest BCUT2D eigenvalue weighted by Crippen LogP contribution is 2.28. The number of hydrogen-bond acceptors (Lipinski definition) is 5. The molecule has 1 atom stereocenters. The number of likely N-dealkylation sites (tertiary alicyclic amines) is 1. The normalized spacial score (nSPS) is 19.1. The number of ether oxygens (including phenoxy) is 1. The second kappa shape index (κ2) is 8.27. The summed E-state index contributed by atoms with van der Waals surface area (Å²) in [5, 5.41) is 3.08. The van der Waals surface area contributed by atoms with Crippen LogP contribution in [0.4, 0.5) is 0 Å². The zero-order valence-electron chi connectivity index (χ0n) is 16.9. The molecule has 1 saturated heterocycles. The van der Waals surface area contributed by atoms with Gasteiger partial charge in [-0.2, -0.15) is 0 Å². The molecule has 2 amide bonds. The number of carbonyl (C=O) groups excluding carboxylic acids is 2. The van der Waals surface area contributed by atoms with E-state index in [4.69, 9.17) is 9.15 Å². The minimum absolute atomic E-state index is 0.0253. The minimum atomic E-state index is -0.108. The molecule has 2 aromatic rings. The van der Waals surface area contributed by atoms with Crippen LogP contribution in [0.15, 0.2) is 29.0 Å². The van der Waals surface area contributed by atoms with Gasteiger partial charge < -0.3 is 19.4 Å². The zero-order chi connectivity index (χ0) is 20.4. The molecule has 1 aromatic carbocycles. The van der Waals surface area contributed by atoms with Crippen molar-refractivity contribution in [1.29, 1.82) is 0 Å². The maximum atomic E-state index is 12.6. The molecule has 0 spiro atoms. The van der Waals surface area contributed by atoms with E-state index in [1.54, 1.807) is 14.0 Å². The first-order valence-corrected chi connectivity index (χ1v) is 10.2. The van der Waals surface area contributed by atoms with Gasteiger partial charge in [0.2, 0.25) is 5.76 Å². The molecule has 2 fully saturated rings. The Balaban J connectivity index is 1.43. The van der Waals surface area contributed by atoms with Gasteiger partial charge in [-0.1, -0.05) is 0 Å². The Morgan fingerprint density at radius 3 is 2.79 bits per heavy atom. The van der Waals surface area contributed by atoms with Crippen molar-refractivity contribution in [2.24, 2.45) is 5.92 Å². The Labute approximate surface area is 170 Å². The van der Waals surface area contributed by atoms with Gasteiger partial charge in [-0.25, -0.2) is 4.98 Å². The van der Waals surface area contributed by atoms with E-state index in [9.17, 15) is 9.59 Å². The second-order valence-electron chi connectivity index (χ2n) is 8.00. The maximum Gasteiger partial charge on any atom is 0.291 e. The Bertz CT molecular complexity index is 903. The monoisotopic (exact) mass is 397 g/mol. The fraction of sp³-hybridized carbons (Fsp3) is 0.500. The summed E-state index contributed by atoms with van der Waals surface area (Å²) >= 11 is 0. The molecular formula is C22H27N3O4. The highest BCUT2D eigenvalue weighted by atomic mass is 16.5. The second-order valence-corrected chi connectivity index (χ2v) is 8.00. The van der Waals surface area contributed by atoms with Crippen molar-refractivity contribution in [1.82, 2.24) is 15.2 Å². The molecular weight excluding hydrogens is 370 g/mol. The molecule has 154 valence electrons. The predicted molar refractivity (Wildman–Crippen MR) is 107 cm³/mol. The van der Waals surface area contributed by atoms with Crippen molar-refractivity contribution in [2.75, 3.05) is 20.2 Å². The molecule has 2 heterocycles. The molecule has 1 N–H and O–H groups in total. The number of amides is 2. The number of nitrogens with one attached hydrogen (secondary N) is 1. The Hall–Kier alpha value is -2.83. The lowest BCUT2D eigenvalue weighted by Crippen LogP contribution is -2.39. The van der Waals surface area contributed by atoms with Crippen molar-refractivity contribution in [2.45, 2.75) is 45.1 Å². The van der Waals surface area contributed by atoms with Crippen LogP contribution in [0.2, 0.25) is 0 Å². The number of carbonyl (C=O) groups is 2. The minimum Gasteiger partial charge on any atom is -0.496 e. The van der Waals surface area contributed by atoms with Crippen molar-refractivity contribution < 1.29 is 18.7 Å². The van der Waals surface area contributed by atoms with Crippen LogP contribution in [-0.2, 0) is 6.42 Å². The quantitative estimate of drug-likeness (QED) is 0.810. The van der Waals surface area contributed by atoms with Gasteiger partial charge in [0.25, 0.3) is 11.8 Å². The fourth-order valence-corrected chi connectivity index (χ4v) is 4.05. The smallest absolute Gasteiger partial charge is 0.291 e. The number of rotatable bonds is 6. The van der Waals surface area contributed by atoms with Crippen LogP contribution in [0.5, 0.6) is 5.75 Å². The number of oxazole rings is 1. The van der Waals surface area contributed by atoms with E-state index in [1.807, 2.05) is 23.1 Å². The summed E-state index contributed by atoms with van der Waals surface area (Å²) in [6.07, 6.45) is 6.27. The van der Waals surface area contributed by atoms with E-state index in [0.717, 1.165) is 37.0 Å². The van der Waals surface area contributed by atoms with Crippen LogP contribution >= 0.6 is 0 Å². The Kier molecular flexibility index (Phi) is 5.56. The summed E-state index contributed by atoms with van der Waals surface area (Å²) in [5.41, 5.74) is 2.28. The number of aromatic nitrogens is 1. The molecule has 0 radical (unpaired) electrons. The zero-order valence-corrected chi connectivity index (χ0v) is 16.9. The molecule has 1 saturated carbocycles. The molecule has 4 rings (SSSR count). The summed E-state index contributed by atoms with van der Waals surface area (Å²) in [4.78, 5) is 31.0. The standard InChI is InChI=1S/C22H27N3O4/c1-14-20(29-13-23-14)22(27)25-9-8-15(12-25)10-17-11-16(6-7-19(17)28-2)21(26)24-18-4-3-5-18/h6-7,11,13,15,18H,3-5,8-10,12H2,1-2H3,(H,24,26). The molecule has 1 aromatic heterocycles. The molecule has 29 heavy (non-hydrogen) atoms. The first-order chi connectivity index (χ1) is 14.0. The van der Waals surface area contributed by atoms with Gasteiger partial charge in [0.15, 0.2) is 6.39 Å². The van der Waals surface area contributed by atoms with Gasteiger partial charge in [-0.05, 0) is 68.7 Å². The average Bonchev–Trinajstić information content (AvgIpc) is 3.33. The van der Waals surface area contributed by atoms with Crippen LogP contribution in [0.3, 0.4) is 0 Å². The third kappa shape index (κ3) is 4.13. The first-order valence-electron chi connectivity index (χ1n) is 10.2. The third-order valence-electron chi connectivity index (χ3n) is 6.00. The van der Waals surface area contributed by atoms with Gasteiger partial charge in [-0.15, -0.1) is 0 Å². The van der Waals surface area contributed by atoms with Crippen LogP contribution < -0.4 is 10.1 Å². The highest BCUT2D eigenvalue weighted by molar-refractivity contribution is 5.95. The van der Waals surface area contributed by atoms with E-state index in [-0.39, 0.29) is 11.8 Å². The molecule has 1 aliphatic carbocycles. The Morgan fingerprint density at radius 1 is 1.31 bits per heavy atom. The van der Waals surface area contributed by atoms with Crippen LogP contribution in [-0.4, -0.2) is 47.9 Å². The number of nitrogens with zero attached hydrogens (tertiary/aromatic N) is 2. The van der Waals surface area contributed by atoms with E-state index >= 15 is 0 Å². The maximum absolute atomic E-state index is 12.6. The van der Waals surface area contributed by atoms with E-state index in [2.05, 4.69) is 10.3 Å². The van der Waals surface area contributed by atoms with Gasteiger partial charge in [-0.3, -0.25) is 9.59 Å². The summed E-state index contributed by atoms with van der Waals surface area (Å²) in [6.45, 7) is 3.11. The summed E-state index contributed by atoms with van der Waals surface area (Å²) in [5.74, 6) is 1.27. The lowest BCUT2D eigenvalue weighted by atomic mass is 9.92. The molecule has 2 aliphatic rings. The summed E-state index contributed by atoms with van der Waals surface area (Å²) in [7, 11) is 1.64. The number of benzene rings is 1. The molecule has 0 bridgehead atoms. The van der Waals surface area contributed by atoms with Crippen molar-refractivity contribution in [3.63, 3.8) is 0 Å². The van der Waals surface area contributed by atoms with Gasteiger partial charge in [0, 0.05) is 24.7 Å². The summed E-state index contributed by atoms with van der Waals surface area (Å²) < 4.78 is 10.8.